The van der Waals surface area contributed by atoms with Crippen LogP contribution in [0.4, 0.5) is 5.69 Å². The van der Waals surface area contributed by atoms with Gasteiger partial charge in [-0.25, -0.2) is 0 Å². The number of anilines is 1. The first-order valence-corrected chi connectivity index (χ1v) is 5.98. The number of carbonyl (C=O) groups excluding carboxylic acids is 1. The van der Waals surface area contributed by atoms with Crippen molar-refractivity contribution in [3.8, 4) is 0 Å². The van der Waals surface area contributed by atoms with Gasteiger partial charge in [-0.05, 0) is 36.6 Å². The predicted octanol–water partition coefficient (Wildman–Crippen LogP) is 2.58. The zero-order chi connectivity index (χ0) is 11.7. The first-order valence-electron chi connectivity index (χ1n) is 5.16. The van der Waals surface area contributed by atoms with Gasteiger partial charge < -0.3 is 10.6 Å². The molecule has 0 saturated carbocycles. The Balaban J connectivity index is 2.43. The van der Waals surface area contributed by atoms with Crippen LogP contribution in [0.25, 0.3) is 10.1 Å². The van der Waals surface area contributed by atoms with E-state index in [4.69, 9.17) is 5.73 Å². The van der Waals surface area contributed by atoms with E-state index in [1.807, 2.05) is 31.2 Å². The lowest BCUT2D eigenvalue weighted by molar-refractivity contribution is 0.0807. The summed E-state index contributed by atoms with van der Waals surface area (Å²) >= 11 is 1.51. The molecule has 0 bridgehead atoms. The molecule has 4 heteroatoms. The smallest absolute Gasteiger partial charge is 0.263 e. The molecule has 0 saturated heterocycles. The quantitative estimate of drug-likeness (QED) is 0.812. The molecule has 84 valence electrons. The SMILES string of the molecule is CCN(C)C(=O)c1cc2cc(N)ccc2s1. The maximum atomic E-state index is 11.9. The van der Waals surface area contributed by atoms with Gasteiger partial charge in [0.25, 0.3) is 5.91 Å². The second kappa shape index (κ2) is 4.14. The summed E-state index contributed by atoms with van der Waals surface area (Å²) in [5.74, 6) is 0.0715. The Labute approximate surface area is 98.5 Å². The number of nitrogens with zero attached hydrogens (tertiary/aromatic N) is 1. The van der Waals surface area contributed by atoms with E-state index in [2.05, 4.69) is 0 Å². The molecule has 1 heterocycles. The number of hydrogen-bond donors (Lipinski definition) is 1. The predicted molar refractivity (Wildman–Crippen MR) is 68.9 cm³/mol. The molecule has 2 rings (SSSR count). The molecule has 0 unspecified atom stereocenters. The van der Waals surface area contributed by atoms with Gasteiger partial charge in [-0.15, -0.1) is 11.3 Å². The number of rotatable bonds is 2. The summed E-state index contributed by atoms with van der Waals surface area (Å²) in [6, 6.07) is 7.62. The fraction of sp³-hybridized carbons (Fsp3) is 0.250. The maximum Gasteiger partial charge on any atom is 0.263 e. The second-order valence-corrected chi connectivity index (χ2v) is 4.81. The number of benzene rings is 1. The molecule has 1 aromatic carbocycles. The molecule has 16 heavy (non-hydrogen) atoms. The highest BCUT2D eigenvalue weighted by molar-refractivity contribution is 7.20. The van der Waals surface area contributed by atoms with E-state index < -0.39 is 0 Å². The zero-order valence-electron chi connectivity index (χ0n) is 9.36. The molecule has 1 amide bonds. The molecule has 1 aromatic heterocycles. The van der Waals surface area contributed by atoms with Gasteiger partial charge >= 0.3 is 0 Å². The number of amides is 1. The van der Waals surface area contributed by atoms with Gasteiger partial charge in [0, 0.05) is 24.0 Å². The van der Waals surface area contributed by atoms with Gasteiger partial charge in [0.15, 0.2) is 0 Å². The van der Waals surface area contributed by atoms with Gasteiger partial charge in [0.05, 0.1) is 4.88 Å². The summed E-state index contributed by atoms with van der Waals surface area (Å²) in [4.78, 5) is 14.4. The van der Waals surface area contributed by atoms with Crippen molar-refractivity contribution in [1.29, 1.82) is 0 Å². The first-order chi connectivity index (χ1) is 7.61. The average molecular weight is 234 g/mol. The van der Waals surface area contributed by atoms with Crippen LogP contribution >= 0.6 is 11.3 Å². The fourth-order valence-electron chi connectivity index (χ4n) is 1.50. The van der Waals surface area contributed by atoms with Crippen molar-refractivity contribution in [2.75, 3.05) is 19.3 Å². The summed E-state index contributed by atoms with van der Waals surface area (Å²) in [6.07, 6.45) is 0. The van der Waals surface area contributed by atoms with Crippen molar-refractivity contribution in [2.45, 2.75) is 6.92 Å². The van der Waals surface area contributed by atoms with Crippen molar-refractivity contribution >= 4 is 33.0 Å². The van der Waals surface area contributed by atoms with Crippen molar-refractivity contribution < 1.29 is 4.79 Å². The van der Waals surface area contributed by atoms with Gasteiger partial charge in [-0.3, -0.25) is 4.79 Å². The maximum absolute atomic E-state index is 11.9. The average Bonchev–Trinajstić information content (AvgIpc) is 2.69. The Morgan fingerprint density at radius 2 is 2.19 bits per heavy atom. The van der Waals surface area contributed by atoms with Crippen LogP contribution in [-0.4, -0.2) is 24.4 Å². The molecule has 2 N–H and O–H groups in total. The Kier molecular flexibility index (Phi) is 2.83. The summed E-state index contributed by atoms with van der Waals surface area (Å²) < 4.78 is 1.10. The van der Waals surface area contributed by atoms with Crippen molar-refractivity contribution in [2.24, 2.45) is 0 Å². The van der Waals surface area contributed by atoms with Crippen molar-refractivity contribution in [3.63, 3.8) is 0 Å². The summed E-state index contributed by atoms with van der Waals surface area (Å²) in [6.45, 7) is 2.68. The second-order valence-electron chi connectivity index (χ2n) is 3.73. The minimum Gasteiger partial charge on any atom is -0.399 e. The monoisotopic (exact) mass is 234 g/mol. The minimum absolute atomic E-state index is 0.0715. The third-order valence-corrected chi connectivity index (χ3v) is 3.68. The molecule has 0 fully saturated rings. The molecular formula is C12H14N2OS. The van der Waals surface area contributed by atoms with Gasteiger partial charge in [0.2, 0.25) is 0 Å². The molecular weight excluding hydrogens is 220 g/mol. The van der Waals surface area contributed by atoms with E-state index in [1.54, 1.807) is 11.9 Å². The first kappa shape index (κ1) is 11.0. The number of carbonyl (C=O) groups is 1. The number of nitrogen functional groups attached to an aromatic ring is 1. The van der Waals surface area contributed by atoms with E-state index in [9.17, 15) is 4.79 Å². The summed E-state index contributed by atoms with van der Waals surface area (Å²) in [5, 5.41) is 1.04. The number of hydrogen-bond acceptors (Lipinski definition) is 3. The van der Waals surface area contributed by atoms with E-state index in [-0.39, 0.29) is 5.91 Å². The van der Waals surface area contributed by atoms with Gasteiger partial charge in [0.1, 0.15) is 0 Å². The minimum atomic E-state index is 0.0715. The Bertz CT molecular complexity index is 533. The standard InChI is InChI=1S/C12H14N2OS/c1-3-14(2)12(15)11-7-8-6-9(13)4-5-10(8)16-11/h4-7H,3,13H2,1-2H3. The van der Waals surface area contributed by atoms with Crippen molar-refractivity contribution in [1.82, 2.24) is 4.90 Å². The van der Waals surface area contributed by atoms with Gasteiger partial charge in [-0.1, -0.05) is 0 Å². The molecule has 0 aliphatic heterocycles. The summed E-state index contributed by atoms with van der Waals surface area (Å²) in [7, 11) is 1.81. The van der Waals surface area contributed by atoms with Crippen LogP contribution in [-0.2, 0) is 0 Å². The van der Waals surface area contributed by atoms with Crippen LogP contribution in [0.15, 0.2) is 24.3 Å². The van der Waals surface area contributed by atoms with Crippen LogP contribution in [0.5, 0.6) is 0 Å². The van der Waals surface area contributed by atoms with E-state index in [0.29, 0.717) is 0 Å². The number of fused-ring (bicyclic) bond motifs is 1. The van der Waals surface area contributed by atoms with Crippen molar-refractivity contribution in [3.05, 3.63) is 29.1 Å². The molecule has 0 atom stereocenters. The van der Waals surface area contributed by atoms with E-state index in [0.717, 1.165) is 27.2 Å². The van der Waals surface area contributed by atoms with Gasteiger partial charge in [-0.2, -0.15) is 0 Å². The van der Waals surface area contributed by atoms with E-state index in [1.165, 1.54) is 11.3 Å². The normalized spacial score (nSPS) is 10.6. The highest BCUT2D eigenvalue weighted by Gasteiger charge is 2.13. The molecule has 0 aliphatic rings. The Morgan fingerprint density at radius 3 is 2.88 bits per heavy atom. The van der Waals surface area contributed by atoms with Crippen LogP contribution in [0, 0.1) is 0 Å². The number of nitrogens with two attached hydrogens (primary N) is 1. The lowest BCUT2D eigenvalue weighted by Crippen LogP contribution is -2.25. The molecule has 3 nitrogen and oxygen atoms in total. The fourth-order valence-corrected chi connectivity index (χ4v) is 2.54. The molecule has 0 spiro atoms. The highest BCUT2D eigenvalue weighted by atomic mass is 32.1. The summed E-state index contributed by atoms with van der Waals surface area (Å²) in [5.41, 5.74) is 6.43. The molecule has 0 aliphatic carbocycles. The van der Waals surface area contributed by atoms with Crippen LogP contribution < -0.4 is 5.73 Å². The largest absolute Gasteiger partial charge is 0.399 e. The lowest BCUT2D eigenvalue weighted by Gasteiger charge is -2.12. The van der Waals surface area contributed by atoms with Crippen LogP contribution in [0.3, 0.4) is 0 Å². The highest BCUT2D eigenvalue weighted by Crippen LogP contribution is 2.27. The topological polar surface area (TPSA) is 46.3 Å². The Morgan fingerprint density at radius 1 is 1.44 bits per heavy atom. The third kappa shape index (κ3) is 1.88. The Hall–Kier alpha value is -1.55. The molecule has 0 radical (unpaired) electrons. The van der Waals surface area contributed by atoms with E-state index >= 15 is 0 Å². The third-order valence-electron chi connectivity index (χ3n) is 2.57. The number of thiophene rings is 1. The zero-order valence-corrected chi connectivity index (χ0v) is 10.2. The lowest BCUT2D eigenvalue weighted by atomic mass is 10.2. The van der Waals surface area contributed by atoms with Crippen LogP contribution in [0.2, 0.25) is 0 Å². The molecule has 2 aromatic rings. The van der Waals surface area contributed by atoms with Crippen LogP contribution in [0.1, 0.15) is 16.6 Å².